The maximum Gasteiger partial charge on any atom is 0.323 e. The average molecular weight is 448 g/mol. The predicted octanol–water partition coefficient (Wildman–Crippen LogP) is 3.10. The van der Waals surface area contributed by atoms with Gasteiger partial charge in [0.15, 0.2) is 5.75 Å². The molecule has 2 amide bonds. The van der Waals surface area contributed by atoms with Gasteiger partial charge in [-0.25, -0.2) is 17.9 Å². The van der Waals surface area contributed by atoms with Crippen molar-refractivity contribution in [2.75, 3.05) is 17.2 Å². The van der Waals surface area contributed by atoms with Gasteiger partial charge < -0.3 is 20.8 Å². The lowest BCUT2D eigenvalue weighted by atomic mass is 10.3. The summed E-state index contributed by atoms with van der Waals surface area (Å²) in [6, 6.07) is 8.02. The third kappa shape index (κ3) is 5.49. The summed E-state index contributed by atoms with van der Waals surface area (Å²) in [6.45, 7) is -0.405. The van der Waals surface area contributed by atoms with E-state index in [2.05, 4.69) is 10.6 Å². The fourth-order valence-corrected chi connectivity index (χ4v) is 3.95. The second kappa shape index (κ2) is 9.11. The molecule has 150 valence electrons. The van der Waals surface area contributed by atoms with Crippen LogP contribution in [0.1, 0.15) is 6.42 Å². The molecular formula is C16H15Cl2N3O6S. The molecule has 2 aromatic carbocycles. The topological polar surface area (TPSA) is 145 Å². The van der Waals surface area contributed by atoms with Crippen LogP contribution in [-0.4, -0.2) is 37.2 Å². The van der Waals surface area contributed by atoms with Gasteiger partial charge in [0, 0.05) is 6.54 Å². The van der Waals surface area contributed by atoms with Crippen LogP contribution in [0, 0.1) is 0 Å². The Morgan fingerprint density at radius 1 is 0.964 bits per heavy atom. The number of urea groups is 1. The smallest absolute Gasteiger partial charge is 0.323 e. The third-order valence-corrected chi connectivity index (χ3v) is 5.64. The molecule has 0 saturated heterocycles. The standard InChI is InChI=1S/C16H15Cl2N3O6S/c17-9-3-1-2-4-11(9)20-16(25)21-12-6-5-10(18)15(14(12)24)28(26,27)19-8-7-13(22)23/h1-6,19,24H,7-8H2,(H,22,23)(H2,20,21,25). The van der Waals surface area contributed by atoms with Crippen LogP contribution in [0.15, 0.2) is 41.3 Å². The van der Waals surface area contributed by atoms with Crippen molar-refractivity contribution >= 4 is 56.6 Å². The van der Waals surface area contributed by atoms with Crippen molar-refractivity contribution in [2.24, 2.45) is 0 Å². The number of halogens is 2. The van der Waals surface area contributed by atoms with Gasteiger partial charge in [0.2, 0.25) is 10.0 Å². The van der Waals surface area contributed by atoms with Crippen LogP contribution < -0.4 is 15.4 Å². The van der Waals surface area contributed by atoms with Crippen molar-refractivity contribution in [1.82, 2.24) is 4.72 Å². The second-order valence-electron chi connectivity index (χ2n) is 5.37. The van der Waals surface area contributed by atoms with Crippen molar-refractivity contribution in [3.05, 3.63) is 46.4 Å². The highest BCUT2D eigenvalue weighted by molar-refractivity contribution is 7.89. The van der Waals surface area contributed by atoms with E-state index >= 15 is 0 Å². The first kappa shape index (κ1) is 21.8. The van der Waals surface area contributed by atoms with E-state index in [-0.39, 0.29) is 15.7 Å². The van der Waals surface area contributed by atoms with Crippen LogP contribution in [0.25, 0.3) is 0 Å². The number of carboxylic acid groups (broad SMARTS) is 1. The minimum absolute atomic E-state index is 0.229. The molecule has 0 aliphatic carbocycles. The predicted molar refractivity (Wildman–Crippen MR) is 105 cm³/mol. The van der Waals surface area contributed by atoms with Gasteiger partial charge in [0.05, 0.1) is 27.8 Å². The highest BCUT2D eigenvalue weighted by atomic mass is 35.5. The molecule has 0 fully saturated rings. The number of benzene rings is 2. The molecule has 0 heterocycles. The first-order valence-corrected chi connectivity index (χ1v) is 9.91. The van der Waals surface area contributed by atoms with Crippen molar-refractivity contribution in [3.63, 3.8) is 0 Å². The number of nitrogens with one attached hydrogen (secondary N) is 3. The van der Waals surface area contributed by atoms with E-state index in [1.165, 1.54) is 6.07 Å². The molecule has 0 radical (unpaired) electrons. The van der Waals surface area contributed by atoms with E-state index in [9.17, 15) is 23.1 Å². The summed E-state index contributed by atoms with van der Waals surface area (Å²) in [5.74, 6) is -2.01. The van der Waals surface area contributed by atoms with Gasteiger partial charge >= 0.3 is 12.0 Å². The number of carbonyl (C=O) groups excluding carboxylic acids is 1. The molecule has 0 spiro atoms. The number of aromatic hydroxyl groups is 1. The first-order valence-electron chi connectivity index (χ1n) is 7.67. The van der Waals surface area contributed by atoms with Crippen molar-refractivity contribution in [3.8, 4) is 5.75 Å². The molecule has 2 aromatic rings. The maximum absolute atomic E-state index is 12.3. The summed E-state index contributed by atoms with van der Waals surface area (Å²) in [5.41, 5.74) is 0.0749. The maximum atomic E-state index is 12.3. The molecule has 0 aliphatic heterocycles. The van der Waals surface area contributed by atoms with Crippen LogP contribution in [0.3, 0.4) is 0 Å². The zero-order chi connectivity index (χ0) is 20.9. The summed E-state index contributed by atoms with van der Waals surface area (Å²) >= 11 is 11.8. The third-order valence-electron chi connectivity index (χ3n) is 3.35. The Morgan fingerprint density at radius 2 is 1.61 bits per heavy atom. The minimum Gasteiger partial charge on any atom is -0.504 e. The number of phenolic OH excluding ortho intramolecular Hbond substituents is 1. The number of carboxylic acids is 1. The summed E-state index contributed by atoms with van der Waals surface area (Å²) < 4.78 is 26.7. The van der Waals surface area contributed by atoms with E-state index in [0.29, 0.717) is 5.69 Å². The van der Waals surface area contributed by atoms with Gasteiger partial charge in [-0.3, -0.25) is 4.79 Å². The fourth-order valence-electron chi connectivity index (χ4n) is 2.11. The number of amides is 2. The molecule has 12 heteroatoms. The van der Waals surface area contributed by atoms with Crippen LogP contribution in [0.4, 0.5) is 16.2 Å². The normalized spacial score (nSPS) is 11.1. The SMILES string of the molecule is O=C(O)CCNS(=O)(=O)c1c(Cl)ccc(NC(=O)Nc2ccccc2Cl)c1O. The Kier molecular flexibility index (Phi) is 7.08. The highest BCUT2D eigenvalue weighted by Gasteiger charge is 2.25. The van der Waals surface area contributed by atoms with Gasteiger partial charge in [-0.15, -0.1) is 0 Å². The number of rotatable bonds is 7. The Bertz CT molecular complexity index is 1010. The Hall–Kier alpha value is -2.53. The summed E-state index contributed by atoms with van der Waals surface area (Å²) in [7, 11) is -4.33. The highest BCUT2D eigenvalue weighted by Crippen LogP contribution is 2.36. The fraction of sp³-hybridized carbons (Fsp3) is 0.125. The van der Waals surface area contributed by atoms with Crippen LogP contribution in [0.5, 0.6) is 5.75 Å². The number of phenols is 1. The molecule has 9 nitrogen and oxygen atoms in total. The number of para-hydroxylation sites is 1. The zero-order valence-electron chi connectivity index (χ0n) is 14.1. The van der Waals surface area contributed by atoms with Gasteiger partial charge in [0.1, 0.15) is 4.90 Å². The lowest BCUT2D eigenvalue weighted by molar-refractivity contribution is -0.136. The Morgan fingerprint density at radius 3 is 2.25 bits per heavy atom. The molecule has 0 saturated carbocycles. The van der Waals surface area contributed by atoms with Crippen LogP contribution >= 0.6 is 23.2 Å². The molecule has 0 aliphatic rings. The summed E-state index contributed by atoms with van der Waals surface area (Å²) in [5, 5.41) is 23.6. The van der Waals surface area contributed by atoms with E-state index in [1.807, 2.05) is 4.72 Å². The van der Waals surface area contributed by atoms with Crippen molar-refractivity contribution < 1.29 is 28.2 Å². The van der Waals surface area contributed by atoms with E-state index in [1.54, 1.807) is 24.3 Å². The lowest BCUT2D eigenvalue weighted by Gasteiger charge is -2.14. The number of carbonyl (C=O) groups is 2. The monoisotopic (exact) mass is 447 g/mol. The Balaban J connectivity index is 2.23. The molecule has 0 unspecified atom stereocenters. The van der Waals surface area contributed by atoms with Gasteiger partial charge in [-0.1, -0.05) is 35.3 Å². The van der Waals surface area contributed by atoms with Crippen molar-refractivity contribution in [2.45, 2.75) is 11.3 Å². The average Bonchev–Trinajstić information content (AvgIpc) is 2.59. The number of anilines is 2. The zero-order valence-corrected chi connectivity index (χ0v) is 16.4. The van der Waals surface area contributed by atoms with Crippen molar-refractivity contribution in [1.29, 1.82) is 0 Å². The van der Waals surface area contributed by atoms with E-state index < -0.39 is 45.6 Å². The first-order chi connectivity index (χ1) is 13.1. The van der Waals surface area contributed by atoms with Gasteiger partial charge in [0.25, 0.3) is 0 Å². The second-order valence-corrected chi connectivity index (χ2v) is 7.89. The molecule has 0 atom stereocenters. The number of hydrogen-bond acceptors (Lipinski definition) is 5. The lowest BCUT2D eigenvalue weighted by Crippen LogP contribution is -2.27. The van der Waals surface area contributed by atoms with E-state index in [0.717, 1.165) is 6.07 Å². The van der Waals surface area contributed by atoms with E-state index in [4.69, 9.17) is 28.3 Å². The minimum atomic E-state index is -4.33. The molecule has 28 heavy (non-hydrogen) atoms. The largest absolute Gasteiger partial charge is 0.504 e. The summed E-state index contributed by atoms with van der Waals surface area (Å²) in [6.07, 6.45) is -0.463. The quantitative estimate of drug-likeness (QED) is 0.412. The molecule has 2 rings (SSSR count). The molecule has 5 N–H and O–H groups in total. The Labute approximate surface area is 170 Å². The van der Waals surface area contributed by atoms with Crippen LogP contribution in [-0.2, 0) is 14.8 Å². The summed E-state index contributed by atoms with van der Waals surface area (Å²) in [4.78, 5) is 22.0. The molecule has 0 aromatic heterocycles. The number of sulfonamides is 1. The number of hydrogen-bond donors (Lipinski definition) is 5. The molecular weight excluding hydrogens is 433 g/mol. The van der Waals surface area contributed by atoms with Crippen LogP contribution in [0.2, 0.25) is 10.0 Å². The number of aliphatic carboxylic acids is 1. The molecule has 0 bridgehead atoms. The van der Waals surface area contributed by atoms with Gasteiger partial charge in [-0.05, 0) is 24.3 Å². The van der Waals surface area contributed by atoms with Gasteiger partial charge in [-0.2, -0.15) is 0 Å².